The predicted molar refractivity (Wildman–Crippen MR) is 93.5 cm³/mol. The molecular formula is C19H18FN3O3. The summed E-state index contributed by atoms with van der Waals surface area (Å²) in [5, 5.41) is 18.9. The first-order valence-corrected chi connectivity index (χ1v) is 8.26. The van der Waals surface area contributed by atoms with Gasteiger partial charge < -0.3 is 14.7 Å². The summed E-state index contributed by atoms with van der Waals surface area (Å²) < 4.78 is 18.5. The van der Waals surface area contributed by atoms with E-state index >= 15 is 0 Å². The summed E-state index contributed by atoms with van der Waals surface area (Å²) in [6, 6.07) is 8.58. The molecule has 1 saturated heterocycles. The summed E-state index contributed by atoms with van der Waals surface area (Å²) in [6.07, 6.45) is 2.42. The third-order valence-electron chi connectivity index (χ3n) is 4.67. The number of halogens is 1. The van der Waals surface area contributed by atoms with E-state index in [0.717, 1.165) is 5.56 Å². The summed E-state index contributed by atoms with van der Waals surface area (Å²) in [4.78, 5) is 16.9. The van der Waals surface area contributed by atoms with E-state index in [1.807, 2.05) is 11.0 Å². The van der Waals surface area contributed by atoms with Crippen molar-refractivity contribution in [1.82, 2.24) is 4.98 Å². The fourth-order valence-electron chi connectivity index (χ4n) is 3.30. The van der Waals surface area contributed by atoms with Crippen LogP contribution in [0.15, 0.2) is 30.5 Å². The number of ether oxygens (including phenoxy) is 1. The molecule has 1 aliphatic heterocycles. The van der Waals surface area contributed by atoms with Gasteiger partial charge in [0.25, 0.3) is 0 Å². The molecule has 0 radical (unpaired) electrons. The highest BCUT2D eigenvalue weighted by Gasteiger charge is 2.28. The number of piperidine rings is 1. The second-order valence-corrected chi connectivity index (χ2v) is 6.12. The van der Waals surface area contributed by atoms with Gasteiger partial charge in [-0.2, -0.15) is 9.65 Å². The normalized spacial score (nSPS) is 14.7. The Morgan fingerprint density at radius 2 is 2.08 bits per heavy atom. The zero-order chi connectivity index (χ0) is 18.7. The Kier molecular flexibility index (Phi) is 5.03. The van der Waals surface area contributed by atoms with Gasteiger partial charge in [-0.05, 0) is 37.1 Å². The van der Waals surface area contributed by atoms with Crippen molar-refractivity contribution in [2.45, 2.75) is 12.8 Å². The molecule has 1 N–H and O–H groups in total. The van der Waals surface area contributed by atoms with E-state index in [0.29, 0.717) is 48.5 Å². The van der Waals surface area contributed by atoms with Gasteiger partial charge in [0.05, 0.1) is 18.7 Å². The molecule has 1 aromatic heterocycles. The van der Waals surface area contributed by atoms with Crippen LogP contribution in [0.1, 0.15) is 18.4 Å². The molecule has 0 aliphatic carbocycles. The van der Waals surface area contributed by atoms with Gasteiger partial charge in [-0.3, -0.25) is 4.79 Å². The zero-order valence-corrected chi connectivity index (χ0v) is 14.3. The number of hydrogen-bond acceptors (Lipinski definition) is 5. The van der Waals surface area contributed by atoms with Gasteiger partial charge in [0, 0.05) is 30.4 Å². The van der Waals surface area contributed by atoms with Crippen molar-refractivity contribution in [3.63, 3.8) is 0 Å². The molecule has 3 rings (SSSR count). The number of nitrogens with zero attached hydrogens (tertiary/aromatic N) is 3. The largest absolute Gasteiger partial charge is 0.495 e. The van der Waals surface area contributed by atoms with Gasteiger partial charge in [-0.1, -0.05) is 0 Å². The molecule has 1 aliphatic rings. The Morgan fingerprint density at radius 1 is 1.35 bits per heavy atom. The van der Waals surface area contributed by atoms with E-state index in [4.69, 9.17) is 4.74 Å². The molecule has 0 unspecified atom stereocenters. The number of methoxy groups -OCH3 is 1. The second-order valence-electron chi connectivity index (χ2n) is 6.12. The Labute approximate surface area is 150 Å². The lowest BCUT2D eigenvalue weighted by Crippen LogP contribution is -2.37. The van der Waals surface area contributed by atoms with E-state index < -0.39 is 11.9 Å². The molecule has 0 spiro atoms. The number of carboxylic acid groups (broad SMARTS) is 1. The van der Waals surface area contributed by atoms with Gasteiger partial charge in [0.1, 0.15) is 17.4 Å². The molecule has 134 valence electrons. The summed E-state index contributed by atoms with van der Waals surface area (Å²) in [6.45, 7) is 1.03. The van der Waals surface area contributed by atoms with Crippen LogP contribution in [0, 0.1) is 23.2 Å². The summed E-state index contributed by atoms with van der Waals surface area (Å²) in [7, 11) is 1.50. The van der Waals surface area contributed by atoms with Crippen molar-refractivity contribution in [2.75, 3.05) is 25.1 Å². The number of anilines is 1. The van der Waals surface area contributed by atoms with E-state index in [1.54, 1.807) is 12.1 Å². The smallest absolute Gasteiger partial charge is 0.306 e. The zero-order valence-electron chi connectivity index (χ0n) is 14.3. The van der Waals surface area contributed by atoms with Gasteiger partial charge in [0.2, 0.25) is 5.95 Å². The molecule has 1 aromatic carbocycles. The van der Waals surface area contributed by atoms with Crippen molar-refractivity contribution in [2.24, 2.45) is 5.92 Å². The minimum atomic E-state index is -0.793. The number of carboxylic acids is 1. The van der Waals surface area contributed by atoms with Gasteiger partial charge in [0.15, 0.2) is 0 Å². The van der Waals surface area contributed by atoms with Gasteiger partial charge >= 0.3 is 5.97 Å². The van der Waals surface area contributed by atoms with Crippen molar-refractivity contribution in [1.29, 1.82) is 5.26 Å². The second kappa shape index (κ2) is 7.40. The summed E-state index contributed by atoms with van der Waals surface area (Å²) in [5.74, 6) is -1.30. The molecule has 0 bridgehead atoms. The standard InChI is InChI=1S/C19H18FN3O3/c1-26-16-4-3-14(13-2-5-17(20)22-11-13)18(15(16)10-21)23-8-6-12(7-9-23)19(24)25/h2-5,11-12H,6-9H2,1H3,(H,24,25). The molecule has 0 saturated carbocycles. The van der Waals surface area contributed by atoms with E-state index in [2.05, 4.69) is 11.1 Å². The molecule has 2 heterocycles. The Morgan fingerprint density at radius 3 is 2.62 bits per heavy atom. The predicted octanol–water partition coefficient (Wildman–Crippen LogP) is 3.07. The van der Waals surface area contributed by atoms with Crippen molar-refractivity contribution < 1.29 is 19.0 Å². The first-order valence-electron chi connectivity index (χ1n) is 8.26. The molecule has 7 heteroatoms. The lowest BCUT2D eigenvalue weighted by Gasteiger charge is -2.34. The molecule has 0 atom stereocenters. The average Bonchev–Trinajstić information content (AvgIpc) is 2.67. The maximum absolute atomic E-state index is 13.2. The minimum Gasteiger partial charge on any atom is -0.495 e. The van der Waals surface area contributed by atoms with Gasteiger partial charge in [-0.15, -0.1) is 0 Å². The minimum absolute atomic E-state index is 0.377. The topological polar surface area (TPSA) is 86.4 Å². The Balaban J connectivity index is 2.07. The Bertz CT molecular complexity index is 854. The maximum Gasteiger partial charge on any atom is 0.306 e. The monoisotopic (exact) mass is 355 g/mol. The molecular weight excluding hydrogens is 337 g/mol. The van der Waals surface area contributed by atoms with Crippen LogP contribution in [0.5, 0.6) is 5.75 Å². The van der Waals surface area contributed by atoms with Crippen LogP contribution >= 0.6 is 0 Å². The van der Waals surface area contributed by atoms with Gasteiger partial charge in [-0.25, -0.2) is 4.98 Å². The molecule has 1 fully saturated rings. The van der Waals surface area contributed by atoms with E-state index in [9.17, 15) is 19.6 Å². The highest BCUT2D eigenvalue weighted by Crippen LogP contribution is 2.40. The lowest BCUT2D eigenvalue weighted by atomic mass is 9.93. The van der Waals surface area contributed by atoms with Crippen LogP contribution in [0.2, 0.25) is 0 Å². The molecule has 0 amide bonds. The number of benzene rings is 1. The third-order valence-corrected chi connectivity index (χ3v) is 4.67. The number of carbonyl (C=O) groups is 1. The highest BCUT2D eigenvalue weighted by molar-refractivity contribution is 5.85. The molecule has 6 nitrogen and oxygen atoms in total. The SMILES string of the molecule is COc1ccc(-c2ccc(F)nc2)c(N2CCC(C(=O)O)CC2)c1C#N. The number of rotatable bonds is 4. The van der Waals surface area contributed by atoms with Crippen molar-refractivity contribution >= 4 is 11.7 Å². The van der Waals surface area contributed by atoms with E-state index in [-0.39, 0.29) is 5.92 Å². The molecule has 2 aromatic rings. The van der Waals surface area contributed by atoms with Crippen LogP contribution in [-0.4, -0.2) is 36.3 Å². The fraction of sp³-hybridized carbons (Fsp3) is 0.316. The number of hydrogen-bond donors (Lipinski definition) is 1. The number of aromatic nitrogens is 1. The van der Waals surface area contributed by atoms with Crippen LogP contribution in [0.3, 0.4) is 0 Å². The van der Waals surface area contributed by atoms with Crippen LogP contribution < -0.4 is 9.64 Å². The third kappa shape index (κ3) is 3.31. The molecule has 26 heavy (non-hydrogen) atoms. The lowest BCUT2D eigenvalue weighted by molar-refractivity contribution is -0.142. The van der Waals surface area contributed by atoms with Crippen molar-refractivity contribution in [3.8, 4) is 22.9 Å². The van der Waals surface area contributed by atoms with Crippen LogP contribution in [0.4, 0.5) is 10.1 Å². The number of nitriles is 1. The first kappa shape index (κ1) is 17.7. The first-order chi connectivity index (χ1) is 12.5. The number of pyridine rings is 1. The maximum atomic E-state index is 13.2. The number of aliphatic carboxylic acids is 1. The summed E-state index contributed by atoms with van der Waals surface area (Å²) in [5.41, 5.74) is 2.47. The fourth-order valence-corrected chi connectivity index (χ4v) is 3.30. The van der Waals surface area contributed by atoms with Crippen molar-refractivity contribution in [3.05, 3.63) is 42.0 Å². The van der Waals surface area contributed by atoms with E-state index in [1.165, 1.54) is 19.4 Å². The quantitative estimate of drug-likeness (QED) is 0.848. The average molecular weight is 355 g/mol. The summed E-state index contributed by atoms with van der Waals surface area (Å²) >= 11 is 0. The van der Waals surface area contributed by atoms with Crippen LogP contribution in [-0.2, 0) is 4.79 Å². The highest BCUT2D eigenvalue weighted by atomic mass is 19.1. The Hall–Kier alpha value is -3.14. The van der Waals surface area contributed by atoms with Crippen LogP contribution in [0.25, 0.3) is 11.1 Å².